The number of aliphatic hydroxyl groups excluding tert-OH is 2. The molecule has 1 heterocycles. The minimum absolute atomic E-state index is 0.127. The van der Waals surface area contributed by atoms with Crippen LogP contribution in [-0.4, -0.2) is 47.0 Å². The van der Waals surface area contributed by atoms with Crippen LogP contribution in [0.5, 0.6) is 0 Å². The van der Waals surface area contributed by atoms with E-state index in [0.717, 1.165) is 44.8 Å². The average Bonchev–Trinajstić information content (AvgIpc) is 2.84. The lowest BCUT2D eigenvalue weighted by molar-refractivity contribution is 0.00336. The first-order valence-corrected chi connectivity index (χ1v) is 7.77. The molecule has 1 aliphatic carbocycles. The zero-order valence-corrected chi connectivity index (χ0v) is 11.7. The van der Waals surface area contributed by atoms with E-state index >= 15 is 0 Å². The summed E-state index contributed by atoms with van der Waals surface area (Å²) >= 11 is 0. The standard InChI is InChI=1S/C15H29NO2/c1-2-13-10-16(8-7-15(13)18)11-14(17)9-12-5-3-4-6-12/h12-15,17-18H,2-11H2,1H3. The number of rotatable bonds is 5. The molecule has 0 spiro atoms. The highest BCUT2D eigenvalue weighted by Gasteiger charge is 2.28. The van der Waals surface area contributed by atoms with Gasteiger partial charge in [0.1, 0.15) is 0 Å². The lowest BCUT2D eigenvalue weighted by Gasteiger charge is -2.37. The van der Waals surface area contributed by atoms with E-state index in [2.05, 4.69) is 11.8 Å². The van der Waals surface area contributed by atoms with Gasteiger partial charge in [-0.1, -0.05) is 32.6 Å². The van der Waals surface area contributed by atoms with E-state index in [1.807, 2.05) is 0 Å². The van der Waals surface area contributed by atoms with Crippen molar-refractivity contribution >= 4 is 0 Å². The first-order valence-electron chi connectivity index (χ1n) is 7.77. The average molecular weight is 255 g/mol. The molecule has 0 amide bonds. The van der Waals surface area contributed by atoms with Crippen LogP contribution >= 0.6 is 0 Å². The maximum Gasteiger partial charge on any atom is 0.0669 e. The van der Waals surface area contributed by atoms with Gasteiger partial charge in [-0.15, -0.1) is 0 Å². The second-order valence-electron chi connectivity index (χ2n) is 6.32. The zero-order chi connectivity index (χ0) is 13.0. The number of piperidine rings is 1. The van der Waals surface area contributed by atoms with Crippen molar-refractivity contribution in [2.24, 2.45) is 11.8 Å². The molecule has 1 saturated carbocycles. The zero-order valence-electron chi connectivity index (χ0n) is 11.7. The summed E-state index contributed by atoms with van der Waals surface area (Å²) in [5.74, 6) is 1.16. The van der Waals surface area contributed by atoms with Crippen LogP contribution < -0.4 is 0 Å². The molecule has 3 nitrogen and oxygen atoms in total. The third-order valence-corrected chi connectivity index (χ3v) is 4.85. The molecule has 1 saturated heterocycles. The van der Waals surface area contributed by atoms with E-state index in [0.29, 0.717) is 5.92 Å². The van der Waals surface area contributed by atoms with Crippen LogP contribution in [0.1, 0.15) is 51.9 Å². The van der Waals surface area contributed by atoms with E-state index < -0.39 is 0 Å². The van der Waals surface area contributed by atoms with Crippen LogP contribution in [0, 0.1) is 11.8 Å². The maximum atomic E-state index is 10.2. The molecule has 0 aromatic carbocycles. The molecule has 106 valence electrons. The molecule has 0 radical (unpaired) electrons. The summed E-state index contributed by atoms with van der Waals surface area (Å²) < 4.78 is 0. The highest BCUT2D eigenvalue weighted by Crippen LogP contribution is 2.29. The minimum Gasteiger partial charge on any atom is -0.393 e. The van der Waals surface area contributed by atoms with E-state index in [9.17, 15) is 10.2 Å². The fourth-order valence-electron chi connectivity index (χ4n) is 3.67. The number of aliphatic hydroxyl groups is 2. The molecule has 2 fully saturated rings. The highest BCUT2D eigenvalue weighted by atomic mass is 16.3. The fraction of sp³-hybridized carbons (Fsp3) is 1.00. The third kappa shape index (κ3) is 3.94. The molecule has 2 rings (SSSR count). The fourth-order valence-corrected chi connectivity index (χ4v) is 3.67. The Balaban J connectivity index is 1.71. The Morgan fingerprint density at radius 1 is 1.22 bits per heavy atom. The second-order valence-corrected chi connectivity index (χ2v) is 6.32. The largest absolute Gasteiger partial charge is 0.393 e. The molecular formula is C15H29NO2. The Bertz CT molecular complexity index is 241. The summed E-state index contributed by atoms with van der Waals surface area (Å²) in [7, 11) is 0. The van der Waals surface area contributed by atoms with E-state index in [4.69, 9.17) is 0 Å². The van der Waals surface area contributed by atoms with Crippen molar-refractivity contribution in [2.75, 3.05) is 19.6 Å². The molecule has 3 heteroatoms. The van der Waals surface area contributed by atoms with Crippen molar-refractivity contribution in [3.8, 4) is 0 Å². The summed E-state index contributed by atoms with van der Waals surface area (Å²) in [4.78, 5) is 2.35. The van der Waals surface area contributed by atoms with Crippen molar-refractivity contribution in [3.05, 3.63) is 0 Å². The Hall–Kier alpha value is -0.120. The summed E-state index contributed by atoms with van der Waals surface area (Å²) in [6.45, 7) is 4.85. The van der Waals surface area contributed by atoms with Gasteiger partial charge < -0.3 is 15.1 Å². The first-order chi connectivity index (χ1) is 8.69. The Morgan fingerprint density at radius 2 is 1.94 bits per heavy atom. The van der Waals surface area contributed by atoms with Crippen molar-refractivity contribution < 1.29 is 10.2 Å². The molecular weight excluding hydrogens is 226 g/mol. The molecule has 2 N–H and O–H groups in total. The third-order valence-electron chi connectivity index (χ3n) is 4.85. The van der Waals surface area contributed by atoms with Gasteiger partial charge in [-0.25, -0.2) is 0 Å². The molecule has 3 atom stereocenters. The Morgan fingerprint density at radius 3 is 2.61 bits per heavy atom. The van der Waals surface area contributed by atoms with Gasteiger partial charge >= 0.3 is 0 Å². The van der Waals surface area contributed by atoms with Gasteiger partial charge in [0.2, 0.25) is 0 Å². The quantitative estimate of drug-likeness (QED) is 0.790. The SMILES string of the molecule is CCC1CN(CC(O)CC2CCCC2)CCC1O. The number of hydrogen-bond acceptors (Lipinski definition) is 3. The number of likely N-dealkylation sites (tertiary alicyclic amines) is 1. The monoisotopic (exact) mass is 255 g/mol. The van der Waals surface area contributed by atoms with Crippen LogP contribution in [0.15, 0.2) is 0 Å². The van der Waals surface area contributed by atoms with E-state index in [1.54, 1.807) is 0 Å². The van der Waals surface area contributed by atoms with Gasteiger partial charge in [0, 0.05) is 19.6 Å². The maximum absolute atomic E-state index is 10.2. The van der Waals surface area contributed by atoms with E-state index in [-0.39, 0.29) is 12.2 Å². The lowest BCUT2D eigenvalue weighted by atomic mass is 9.92. The van der Waals surface area contributed by atoms with Gasteiger partial charge in [-0.3, -0.25) is 0 Å². The molecule has 0 bridgehead atoms. The first kappa shape index (κ1) is 14.3. The summed E-state index contributed by atoms with van der Waals surface area (Å²) in [6.07, 6.45) is 7.93. The summed E-state index contributed by atoms with van der Waals surface area (Å²) in [6, 6.07) is 0. The normalized spacial score (nSPS) is 32.8. The smallest absolute Gasteiger partial charge is 0.0669 e. The molecule has 2 aliphatic rings. The molecule has 0 aromatic rings. The van der Waals surface area contributed by atoms with Crippen molar-refractivity contribution in [2.45, 2.75) is 64.1 Å². The molecule has 1 aliphatic heterocycles. The molecule has 0 aromatic heterocycles. The molecule has 3 unspecified atom stereocenters. The number of hydrogen-bond donors (Lipinski definition) is 2. The van der Waals surface area contributed by atoms with Crippen LogP contribution in [0.2, 0.25) is 0 Å². The number of β-amino-alcohol motifs (C(OH)–C–C–N with tert-alkyl or cyclic N) is 1. The molecule has 18 heavy (non-hydrogen) atoms. The van der Waals surface area contributed by atoms with Crippen LogP contribution in [-0.2, 0) is 0 Å². The van der Waals surface area contributed by atoms with Crippen molar-refractivity contribution in [1.82, 2.24) is 4.90 Å². The van der Waals surface area contributed by atoms with Crippen LogP contribution in [0.3, 0.4) is 0 Å². The predicted octanol–water partition coefficient (Wildman–Crippen LogP) is 2.02. The van der Waals surface area contributed by atoms with Gasteiger partial charge in [0.05, 0.1) is 12.2 Å². The van der Waals surface area contributed by atoms with E-state index in [1.165, 1.54) is 25.7 Å². The number of nitrogens with zero attached hydrogens (tertiary/aromatic N) is 1. The topological polar surface area (TPSA) is 43.7 Å². The van der Waals surface area contributed by atoms with Gasteiger partial charge in [-0.05, 0) is 31.1 Å². The summed E-state index contributed by atoms with van der Waals surface area (Å²) in [5.41, 5.74) is 0. The minimum atomic E-state index is -0.166. The Labute approximate surface area is 111 Å². The summed E-state index contributed by atoms with van der Waals surface area (Å²) in [5, 5.41) is 20.0. The van der Waals surface area contributed by atoms with Crippen molar-refractivity contribution in [3.63, 3.8) is 0 Å². The predicted molar refractivity (Wildman–Crippen MR) is 73.4 cm³/mol. The van der Waals surface area contributed by atoms with Gasteiger partial charge in [-0.2, -0.15) is 0 Å². The van der Waals surface area contributed by atoms with Crippen LogP contribution in [0.25, 0.3) is 0 Å². The lowest BCUT2D eigenvalue weighted by Crippen LogP contribution is -2.45. The highest BCUT2D eigenvalue weighted by molar-refractivity contribution is 4.81. The van der Waals surface area contributed by atoms with Gasteiger partial charge in [0.15, 0.2) is 0 Å². The van der Waals surface area contributed by atoms with Crippen LogP contribution in [0.4, 0.5) is 0 Å². The Kier molecular flexibility index (Phi) is 5.46. The van der Waals surface area contributed by atoms with Gasteiger partial charge in [0.25, 0.3) is 0 Å². The second kappa shape index (κ2) is 6.88. The van der Waals surface area contributed by atoms with Crippen molar-refractivity contribution in [1.29, 1.82) is 0 Å².